The summed E-state index contributed by atoms with van der Waals surface area (Å²) in [4.78, 5) is 7.11. The lowest BCUT2D eigenvalue weighted by Crippen LogP contribution is -2.09. The van der Waals surface area contributed by atoms with E-state index in [0.717, 1.165) is 17.8 Å². The van der Waals surface area contributed by atoms with Gasteiger partial charge in [0, 0.05) is 5.69 Å². The Morgan fingerprint density at radius 3 is 2.57 bits per heavy atom. The van der Waals surface area contributed by atoms with Gasteiger partial charge in [-0.1, -0.05) is 36.4 Å². The van der Waals surface area contributed by atoms with Gasteiger partial charge in [0.2, 0.25) is 0 Å². The molecule has 2 nitrogen and oxygen atoms in total. The number of para-hydroxylation sites is 2. The predicted molar refractivity (Wildman–Crippen MR) is 88.9 cm³/mol. The topological polar surface area (TPSA) is 16.1 Å². The minimum Gasteiger partial charge on any atom is -0.300 e. The van der Waals surface area contributed by atoms with Gasteiger partial charge in [0.1, 0.15) is 5.00 Å². The molecule has 1 aliphatic heterocycles. The van der Waals surface area contributed by atoms with Gasteiger partial charge in [-0.15, -0.1) is 11.3 Å². The fraction of sp³-hybridized carbons (Fsp3) is 0.167. The molecule has 0 atom stereocenters. The molecule has 0 amide bonds. The SMILES string of the molecule is Cc1nc2c(s1)N(c1ccccc1)c1ccccc1CC2. The fourth-order valence-corrected chi connectivity index (χ4v) is 3.93. The third-order valence-corrected chi connectivity index (χ3v) is 4.86. The van der Waals surface area contributed by atoms with Crippen LogP contribution in [0.25, 0.3) is 0 Å². The van der Waals surface area contributed by atoms with Crippen LogP contribution in [0.15, 0.2) is 54.6 Å². The Morgan fingerprint density at radius 1 is 0.952 bits per heavy atom. The van der Waals surface area contributed by atoms with Crippen LogP contribution in [0.1, 0.15) is 16.3 Å². The molecular weight excluding hydrogens is 276 g/mol. The van der Waals surface area contributed by atoms with Crippen LogP contribution in [0, 0.1) is 6.92 Å². The average Bonchev–Trinajstić information content (AvgIpc) is 2.81. The largest absolute Gasteiger partial charge is 0.300 e. The second-order valence-corrected chi connectivity index (χ2v) is 6.47. The molecule has 0 spiro atoms. The maximum atomic E-state index is 4.75. The van der Waals surface area contributed by atoms with Crippen molar-refractivity contribution in [1.82, 2.24) is 4.98 Å². The molecule has 0 bridgehead atoms. The summed E-state index contributed by atoms with van der Waals surface area (Å²) in [6.07, 6.45) is 2.07. The molecule has 3 aromatic rings. The van der Waals surface area contributed by atoms with Crippen LogP contribution in [-0.4, -0.2) is 4.98 Å². The number of fused-ring (bicyclic) bond motifs is 2. The van der Waals surface area contributed by atoms with Gasteiger partial charge in [-0.3, -0.25) is 0 Å². The molecule has 0 unspecified atom stereocenters. The van der Waals surface area contributed by atoms with E-state index in [4.69, 9.17) is 4.98 Å². The smallest absolute Gasteiger partial charge is 0.124 e. The first-order valence-electron chi connectivity index (χ1n) is 7.22. The van der Waals surface area contributed by atoms with E-state index in [-0.39, 0.29) is 0 Å². The highest BCUT2D eigenvalue weighted by Gasteiger charge is 2.24. The van der Waals surface area contributed by atoms with Crippen molar-refractivity contribution in [2.24, 2.45) is 0 Å². The number of hydrogen-bond donors (Lipinski definition) is 0. The Labute approximate surface area is 128 Å². The van der Waals surface area contributed by atoms with E-state index in [0.29, 0.717) is 0 Å². The molecule has 21 heavy (non-hydrogen) atoms. The maximum Gasteiger partial charge on any atom is 0.124 e. The van der Waals surface area contributed by atoms with E-state index in [9.17, 15) is 0 Å². The summed E-state index contributed by atoms with van der Waals surface area (Å²) in [5, 5.41) is 2.41. The summed E-state index contributed by atoms with van der Waals surface area (Å²) in [6.45, 7) is 2.09. The number of benzene rings is 2. The normalized spacial score (nSPS) is 13.5. The molecule has 0 aliphatic carbocycles. The Balaban J connectivity index is 1.98. The monoisotopic (exact) mass is 292 g/mol. The van der Waals surface area contributed by atoms with E-state index in [1.165, 1.54) is 27.6 Å². The number of aromatic nitrogens is 1. The lowest BCUT2D eigenvalue weighted by Gasteiger charge is -2.24. The molecule has 104 valence electrons. The van der Waals surface area contributed by atoms with Gasteiger partial charge in [0.05, 0.1) is 16.4 Å². The Morgan fingerprint density at radius 2 is 1.71 bits per heavy atom. The number of hydrogen-bond acceptors (Lipinski definition) is 3. The summed E-state index contributed by atoms with van der Waals surface area (Å²) in [5.41, 5.74) is 5.10. The highest BCUT2D eigenvalue weighted by Crippen LogP contribution is 2.44. The van der Waals surface area contributed by atoms with E-state index < -0.39 is 0 Å². The standard InChI is InChI=1S/C18H16N2S/c1-13-19-16-12-11-14-7-5-6-10-17(14)20(18(16)21-13)15-8-3-2-4-9-15/h2-10H,11-12H2,1H3. The summed E-state index contributed by atoms with van der Waals surface area (Å²) in [7, 11) is 0. The maximum absolute atomic E-state index is 4.75. The van der Waals surface area contributed by atoms with E-state index in [1.54, 1.807) is 11.3 Å². The third kappa shape index (κ3) is 2.14. The molecule has 1 aliphatic rings. The van der Waals surface area contributed by atoms with Gasteiger partial charge in [-0.2, -0.15) is 0 Å². The molecule has 4 rings (SSSR count). The number of aryl methyl sites for hydroxylation is 3. The van der Waals surface area contributed by atoms with Crippen LogP contribution in [0.4, 0.5) is 16.4 Å². The van der Waals surface area contributed by atoms with Crippen molar-refractivity contribution in [2.45, 2.75) is 19.8 Å². The van der Waals surface area contributed by atoms with Crippen molar-refractivity contribution in [3.63, 3.8) is 0 Å². The van der Waals surface area contributed by atoms with Crippen molar-refractivity contribution in [3.8, 4) is 0 Å². The molecule has 0 saturated carbocycles. The molecule has 0 saturated heterocycles. The van der Waals surface area contributed by atoms with Gasteiger partial charge in [-0.05, 0) is 43.5 Å². The van der Waals surface area contributed by atoms with Gasteiger partial charge < -0.3 is 4.90 Å². The number of anilines is 3. The fourth-order valence-electron chi connectivity index (χ4n) is 2.93. The Kier molecular flexibility index (Phi) is 3.00. The van der Waals surface area contributed by atoms with Crippen molar-refractivity contribution in [2.75, 3.05) is 4.90 Å². The molecule has 0 radical (unpaired) electrons. The highest BCUT2D eigenvalue weighted by molar-refractivity contribution is 7.16. The second-order valence-electron chi connectivity index (χ2n) is 5.28. The van der Waals surface area contributed by atoms with Crippen molar-refractivity contribution in [1.29, 1.82) is 0 Å². The van der Waals surface area contributed by atoms with Crippen LogP contribution in [-0.2, 0) is 12.8 Å². The minimum absolute atomic E-state index is 1.01. The molecule has 3 heteroatoms. The summed E-state index contributed by atoms with van der Waals surface area (Å²) in [5.74, 6) is 0. The third-order valence-electron chi connectivity index (χ3n) is 3.86. The molecule has 0 N–H and O–H groups in total. The van der Waals surface area contributed by atoms with Gasteiger partial charge >= 0.3 is 0 Å². The minimum atomic E-state index is 1.01. The predicted octanol–water partition coefficient (Wildman–Crippen LogP) is 5.02. The first-order valence-corrected chi connectivity index (χ1v) is 8.04. The lowest BCUT2D eigenvalue weighted by atomic mass is 10.1. The first-order chi connectivity index (χ1) is 10.3. The number of thiazole rings is 1. The molecule has 2 aromatic carbocycles. The number of nitrogens with zero attached hydrogens (tertiary/aromatic N) is 2. The summed E-state index contributed by atoms with van der Waals surface area (Å²) < 4.78 is 0. The zero-order chi connectivity index (χ0) is 14.2. The van der Waals surface area contributed by atoms with Crippen LogP contribution in [0.2, 0.25) is 0 Å². The summed E-state index contributed by atoms with van der Waals surface area (Å²) >= 11 is 1.78. The van der Waals surface area contributed by atoms with E-state index in [2.05, 4.69) is 66.4 Å². The van der Waals surface area contributed by atoms with Gasteiger partial charge in [0.15, 0.2) is 0 Å². The van der Waals surface area contributed by atoms with Crippen molar-refractivity contribution < 1.29 is 0 Å². The van der Waals surface area contributed by atoms with Crippen LogP contribution in [0.5, 0.6) is 0 Å². The Hall–Kier alpha value is -2.13. The molecular formula is C18H16N2S. The van der Waals surface area contributed by atoms with E-state index >= 15 is 0 Å². The highest BCUT2D eigenvalue weighted by atomic mass is 32.1. The first kappa shape index (κ1) is 12.6. The quantitative estimate of drug-likeness (QED) is 0.626. The molecule has 2 heterocycles. The van der Waals surface area contributed by atoms with Gasteiger partial charge in [0.25, 0.3) is 0 Å². The van der Waals surface area contributed by atoms with E-state index in [1.807, 2.05) is 0 Å². The number of rotatable bonds is 1. The second kappa shape index (κ2) is 5.01. The van der Waals surface area contributed by atoms with Gasteiger partial charge in [-0.25, -0.2) is 4.98 Å². The van der Waals surface area contributed by atoms with Crippen molar-refractivity contribution in [3.05, 3.63) is 70.9 Å². The van der Waals surface area contributed by atoms with Crippen LogP contribution >= 0.6 is 11.3 Å². The van der Waals surface area contributed by atoms with Crippen LogP contribution < -0.4 is 4.90 Å². The zero-order valence-electron chi connectivity index (χ0n) is 11.9. The Bertz CT molecular complexity index is 777. The summed E-state index contributed by atoms with van der Waals surface area (Å²) in [6, 6.07) is 19.3. The molecule has 0 fully saturated rings. The van der Waals surface area contributed by atoms with Crippen LogP contribution in [0.3, 0.4) is 0 Å². The lowest BCUT2D eigenvalue weighted by molar-refractivity contribution is 0.934. The van der Waals surface area contributed by atoms with Crippen molar-refractivity contribution >= 4 is 27.7 Å². The molecule has 1 aromatic heterocycles. The average molecular weight is 292 g/mol. The zero-order valence-corrected chi connectivity index (χ0v) is 12.7.